The summed E-state index contributed by atoms with van der Waals surface area (Å²) in [4.78, 5) is 6.24. The lowest BCUT2D eigenvalue weighted by molar-refractivity contribution is 1.31. The molecule has 1 aliphatic rings. The number of fused-ring (bicyclic) bond motifs is 10. The summed E-state index contributed by atoms with van der Waals surface area (Å²) >= 11 is 1.88. The topological polar surface area (TPSA) is 19.0 Å². The molecule has 0 fully saturated rings. The molecule has 0 radical (unpaired) electrons. The van der Waals surface area contributed by atoms with Gasteiger partial charge in [-0.2, -0.15) is 0 Å². The van der Waals surface area contributed by atoms with Crippen molar-refractivity contribution in [3.8, 4) is 33.5 Å². The second kappa shape index (κ2) is 10.9. The monoisotopic (exact) mass is 690 g/mol. The largest absolute Gasteiger partial charge is 0.354 e. The molecule has 246 valence electrons. The third-order valence-electron chi connectivity index (χ3n) is 11.3. The van der Waals surface area contributed by atoms with Gasteiger partial charge in [0, 0.05) is 59.0 Å². The van der Waals surface area contributed by atoms with E-state index in [1.54, 1.807) is 0 Å². The summed E-state index contributed by atoms with van der Waals surface area (Å²) in [6.45, 7) is 0. The highest BCUT2D eigenvalue weighted by molar-refractivity contribution is 7.25. The first-order valence-corrected chi connectivity index (χ1v) is 19.0. The van der Waals surface area contributed by atoms with Crippen molar-refractivity contribution in [3.63, 3.8) is 0 Å². The van der Waals surface area contributed by atoms with Crippen LogP contribution < -0.4 is 4.90 Å². The Labute approximate surface area is 309 Å². The van der Waals surface area contributed by atoms with Gasteiger partial charge in [0.2, 0.25) is 0 Å². The minimum atomic E-state index is 1.15. The number of aromatic nitrogens is 1. The van der Waals surface area contributed by atoms with Crippen LogP contribution in [0.5, 0.6) is 0 Å². The molecular weight excluding hydrogens is 661 g/mol. The zero-order valence-corrected chi connectivity index (χ0v) is 29.4. The van der Waals surface area contributed by atoms with Gasteiger partial charge in [0.05, 0.1) is 11.4 Å². The fraction of sp³-hybridized carbons (Fsp3) is 0. The van der Waals surface area contributed by atoms with Gasteiger partial charge >= 0.3 is 0 Å². The molecule has 0 spiro atoms. The van der Waals surface area contributed by atoms with Crippen LogP contribution in [0.4, 0.5) is 17.1 Å². The number of nitrogens with one attached hydrogen (secondary N) is 1. The lowest BCUT2D eigenvalue weighted by Gasteiger charge is -2.27. The Hall–Kier alpha value is -6.68. The van der Waals surface area contributed by atoms with E-state index in [0.29, 0.717) is 0 Å². The Morgan fingerprint density at radius 1 is 0.415 bits per heavy atom. The van der Waals surface area contributed by atoms with Crippen LogP contribution in [0, 0.1) is 0 Å². The normalized spacial score (nSPS) is 12.2. The van der Waals surface area contributed by atoms with E-state index in [0.717, 1.165) is 11.4 Å². The van der Waals surface area contributed by atoms with Gasteiger partial charge in [0.15, 0.2) is 0 Å². The fourth-order valence-corrected chi connectivity index (χ4v) is 10.0. The number of hydrogen-bond donors (Lipinski definition) is 1. The van der Waals surface area contributed by atoms with Crippen LogP contribution in [0.3, 0.4) is 0 Å². The van der Waals surface area contributed by atoms with Crippen molar-refractivity contribution >= 4 is 91.8 Å². The van der Waals surface area contributed by atoms with Gasteiger partial charge in [0.1, 0.15) is 0 Å². The number of anilines is 3. The Kier molecular flexibility index (Phi) is 5.96. The number of nitrogens with zero attached hydrogens (tertiary/aromatic N) is 1. The first-order valence-electron chi connectivity index (χ1n) is 18.2. The average molecular weight is 691 g/mol. The minimum absolute atomic E-state index is 1.15. The molecule has 0 saturated heterocycles. The Morgan fingerprint density at radius 3 is 1.94 bits per heavy atom. The number of rotatable bonds is 4. The summed E-state index contributed by atoms with van der Waals surface area (Å²) in [7, 11) is 0. The van der Waals surface area contributed by atoms with Crippen LogP contribution in [0.2, 0.25) is 0 Å². The highest BCUT2D eigenvalue weighted by Gasteiger charge is 2.25. The molecule has 0 amide bonds. The summed E-state index contributed by atoms with van der Waals surface area (Å²) < 4.78 is 2.58. The maximum absolute atomic E-state index is 3.81. The predicted molar refractivity (Wildman–Crippen MR) is 228 cm³/mol. The second-order valence-corrected chi connectivity index (χ2v) is 15.3. The quantitative estimate of drug-likeness (QED) is 0.195. The van der Waals surface area contributed by atoms with Crippen LogP contribution in [-0.4, -0.2) is 4.98 Å². The van der Waals surface area contributed by atoms with Crippen molar-refractivity contribution in [1.82, 2.24) is 4.98 Å². The van der Waals surface area contributed by atoms with Crippen LogP contribution in [0.25, 0.3) is 96.9 Å². The van der Waals surface area contributed by atoms with Crippen LogP contribution in [0.15, 0.2) is 176 Å². The van der Waals surface area contributed by atoms with Gasteiger partial charge in [-0.25, -0.2) is 0 Å². The molecule has 1 aliphatic carbocycles. The molecule has 12 rings (SSSR count). The van der Waals surface area contributed by atoms with Crippen LogP contribution in [0.1, 0.15) is 0 Å². The van der Waals surface area contributed by atoms with E-state index >= 15 is 0 Å². The first kappa shape index (κ1) is 29.0. The van der Waals surface area contributed by atoms with Gasteiger partial charge in [0.25, 0.3) is 0 Å². The molecule has 11 aromatic rings. The molecule has 0 unspecified atom stereocenters. The highest BCUT2D eigenvalue weighted by Crippen LogP contribution is 2.51. The Bertz CT molecular complexity index is 3300. The lowest BCUT2D eigenvalue weighted by Crippen LogP contribution is -2.10. The average Bonchev–Trinajstić information content (AvgIpc) is 3.87. The van der Waals surface area contributed by atoms with E-state index < -0.39 is 0 Å². The summed E-state index contributed by atoms with van der Waals surface area (Å²) in [5.41, 5.74) is 12.3. The first-order chi connectivity index (χ1) is 26.2. The fourth-order valence-electron chi connectivity index (χ4n) is 8.85. The number of hydrogen-bond acceptors (Lipinski definition) is 2. The molecule has 2 nitrogen and oxygen atoms in total. The maximum Gasteiger partial charge on any atom is 0.0551 e. The zero-order valence-electron chi connectivity index (χ0n) is 28.6. The van der Waals surface area contributed by atoms with Crippen molar-refractivity contribution in [2.75, 3.05) is 4.90 Å². The summed E-state index contributed by atoms with van der Waals surface area (Å²) in [6, 6.07) is 64.9. The third-order valence-corrected chi connectivity index (χ3v) is 12.4. The standard InChI is InChI=1S/C50H30N2S/c1-2-10-33-26-36(21-18-30(33)8-1)52(45-17-7-11-31-9-3-4-14-38(31)45)37-22-25-40-39-23-19-35(28-46(39)53-47(40)29-37)34-20-24-41-44(27-34)51-50-43-16-6-13-32-12-5-15-42(48(32)43)49(41)50/h1-29,51H. The van der Waals surface area contributed by atoms with E-state index in [1.807, 2.05) is 11.3 Å². The van der Waals surface area contributed by atoms with Gasteiger partial charge in [-0.15, -0.1) is 11.3 Å². The molecule has 2 aromatic heterocycles. The van der Waals surface area contributed by atoms with Gasteiger partial charge in [-0.05, 0) is 86.1 Å². The van der Waals surface area contributed by atoms with E-state index in [-0.39, 0.29) is 0 Å². The van der Waals surface area contributed by atoms with E-state index in [1.165, 1.54) is 103 Å². The number of benzene rings is 9. The smallest absolute Gasteiger partial charge is 0.0551 e. The molecule has 53 heavy (non-hydrogen) atoms. The Morgan fingerprint density at radius 2 is 1.06 bits per heavy atom. The van der Waals surface area contributed by atoms with E-state index in [2.05, 4.69) is 186 Å². The Balaban J connectivity index is 0.974. The molecule has 0 saturated carbocycles. The molecule has 0 atom stereocenters. The van der Waals surface area contributed by atoms with Crippen LogP contribution >= 0.6 is 11.3 Å². The van der Waals surface area contributed by atoms with Gasteiger partial charge in [-0.3, -0.25) is 0 Å². The molecule has 3 heteroatoms. The molecule has 0 aliphatic heterocycles. The molecule has 1 N–H and O–H groups in total. The highest BCUT2D eigenvalue weighted by atomic mass is 32.1. The molecule has 2 heterocycles. The number of thiophene rings is 1. The number of H-pyrrole nitrogens is 1. The summed E-state index contributed by atoms with van der Waals surface area (Å²) in [5, 5.41) is 11.5. The number of aromatic amines is 1. The van der Waals surface area contributed by atoms with Crippen molar-refractivity contribution in [1.29, 1.82) is 0 Å². The lowest BCUT2D eigenvalue weighted by atomic mass is 9.99. The van der Waals surface area contributed by atoms with Gasteiger partial charge in [-0.1, -0.05) is 133 Å². The van der Waals surface area contributed by atoms with Crippen molar-refractivity contribution in [3.05, 3.63) is 176 Å². The molecule has 0 bridgehead atoms. The summed E-state index contributed by atoms with van der Waals surface area (Å²) in [5.74, 6) is 0. The third kappa shape index (κ3) is 4.26. The second-order valence-electron chi connectivity index (χ2n) is 14.2. The van der Waals surface area contributed by atoms with E-state index in [4.69, 9.17) is 0 Å². The van der Waals surface area contributed by atoms with Crippen molar-refractivity contribution < 1.29 is 0 Å². The SMILES string of the molecule is c1ccc2cc(N(c3ccc4c(c3)sc3cc(-c5ccc6c7c([nH]c6c5)-c5cccc6cccc-7c56)ccc34)c3cccc4ccccc34)ccc2c1. The predicted octanol–water partition coefficient (Wildman–Crippen LogP) is 14.8. The zero-order chi connectivity index (χ0) is 34.6. The van der Waals surface area contributed by atoms with Crippen LogP contribution in [-0.2, 0) is 0 Å². The van der Waals surface area contributed by atoms with E-state index in [9.17, 15) is 0 Å². The van der Waals surface area contributed by atoms with Crippen molar-refractivity contribution in [2.24, 2.45) is 0 Å². The maximum atomic E-state index is 3.81. The minimum Gasteiger partial charge on any atom is -0.354 e. The summed E-state index contributed by atoms with van der Waals surface area (Å²) in [6.07, 6.45) is 0. The molecule has 9 aromatic carbocycles. The molecular formula is C50H30N2S. The van der Waals surface area contributed by atoms with Gasteiger partial charge < -0.3 is 9.88 Å². The van der Waals surface area contributed by atoms with Crippen molar-refractivity contribution in [2.45, 2.75) is 0 Å².